The summed E-state index contributed by atoms with van der Waals surface area (Å²) in [6.45, 7) is 1.96. The van der Waals surface area contributed by atoms with Gasteiger partial charge in [-0.25, -0.2) is 0 Å². The fourth-order valence-electron chi connectivity index (χ4n) is 3.44. The van der Waals surface area contributed by atoms with Crippen molar-refractivity contribution in [2.45, 2.75) is 57.2 Å². The maximum atomic E-state index is 12.3. The molecule has 2 heterocycles. The first-order valence-corrected chi connectivity index (χ1v) is 7.34. The van der Waals surface area contributed by atoms with Crippen molar-refractivity contribution in [1.82, 2.24) is 10.6 Å². The van der Waals surface area contributed by atoms with E-state index in [9.17, 15) is 4.79 Å². The van der Waals surface area contributed by atoms with Gasteiger partial charge in [0.15, 0.2) is 0 Å². The second-order valence-electron chi connectivity index (χ2n) is 5.85. The summed E-state index contributed by atoms with van der Waals surface area (Å²) in [6.07, 6.45) is 7.74. The highest BCUT2D eigenvalue weighted by Gasteiger charge is 2.38. The Morgan fingerprint density at radius 2 is 2.32 bits per heavy atom. The molecule has 4 unspecified atom stereocenters. The standard InChI is InChI=1S/C15H22N2O2/c1-10(14-7-4-8-19-14)16-15(18)13-9-11-5-2-3-6-12(11)17-13/h4,7-8,10-13,17H,2-3,5-6,9H2,1H3,(H,16,18). The first-order valence-electron chi connectivity index (χ1n) is 7.34. The molecule has 0 bridgehead atoms. The average Bonchev–Trinajstić information content (AvgIpc) is 3.07. The van der Waals surface area contributed by atoms with Crippen molar-refractivity contribution in [2.24, 2.45) is 5.92 Å². The van der Waals surface area contributed by atoms with E-state index in [1.165, 1.54) is 25.7 Å². The van der Waals surface area contributed by atoms with Crippen molar-refractivity contribution < 1.29 is 9.21 Å². The molecule has 1 amide bonds. The zero-order valence-corrected chi connectivity index (χ0v) is 11.4. The van der Waals surface area contributed by atoms with Crippen molar-refractivity contribution in [3.63, 3.8) is 0 Å². The van der Waals surface area contributed by atoms with E-state index in [1.54, 1.807) is 6.26 Å². The Morgan fingerprint density at radius 3 is 3.05 bits per heavy atom. The van der Waals surface area contributed by atoms with E-state index in [2.05, 4.69) is 10.6 Å². The smallest absolute Gasteiger partial charge is 0.237 e. The van der Waals surface area contributed by atoms with Crippen LogP contribution in [0.4, 0.5) is 0 Å². The lowest BCUT2D eigenvalue weighted by atomic mass is 9.85. The second kappa shape index (κ2) is 5.37. The summed E-state index contributed by atoms with van der Waals surface area (Å²) in [5.74, 6) is 1.62. The average molecular weight is 262 g/mol. The molecule has 2 fully saturated rings. The quantitative estimate of drug-likeness (QED) is 0.879. The van der Waals surface area contributed by atoms with Crippen LogP contribution in [0.5, 0.6) is 0 Å². The van der Waals surface area contributed by atoms with Crippen LogP contribution in [0.1, 0.15) is 50.8 Å². The molecule has 4 nitrogen and oxygen atoms in total. The summed E-state index contributed by atoms with van der Waals surface area (Å²) in [6, 6.07) is 4.22. The van der Waals surface area contributed by atoms with Gasteiger partial charge in [-0.05, 0) is 44.2 Å². The highest BCUT2D eigenvalue weighted by atomic mass is 16.3. The SMILES string of the molecule is CC(NC(=O)C1CC2CCCCC2N1)c1ccco1. The third-order valence-electron chi connectivity index (χ3n) is 4.51. The molecular weight excluding hydrogens is 240 g/mol. The second-order valence-corrected chi connectivity index (χ2v) is 5.85. The number of nitrogens with one attached hydrogen (secondary N) is 2. The minimum atomic E-state index is -0.0630. The van der Waals surface area contributed by atoms with Gasteiger partial charge in [-0.1, -0.05) is 12.8 Å². The molecule has 0 spiro atoms. The number of hydrogen-bond donors (Lipinski definition) is 2. The summed E-state index contributed by atoms with van der Waals surface area (Å²) in [5.41, 5.74) is 0. The van der Waals surface area contributed by atoms with Crippen LogP contribution < -0.4 is 10.6 Å². The maximum absolute atomic E-state index is 12.3. The highest BCUT2D eigenvalue weighted by molar-refractivity contribution is 5.82. The predicted octanol–water partition coefficient (Wildman–Crippen LogP) is 2.38. The monoisotopic (exact) mass is 262 g/mol. The van der Waals surface area contributed by atoms with Gasteiger partial charge in [0.05, 0.1) is 18.3 Å². The van der Waals surface area contributed by atoms with Crippen LogP contribution in [0.2, 0.25) is 0 Å². The molecule has 1 aliphatic carbocycles. The number of carbonyl (C=O) groups excluding carboxylic acids is 1. The molecule has 2 N–H and O–H groups in total. The van der Waals surface area contributed by atoms with E-state index in [0.29, 0.717) is 12.0 Å². The molecule has 0 aromatic carbocycles. The van der Waals surface area contributed by atoms with Gasteiger partial charge in [0.25, 0.3) is 0 Å². The molecule has 1 aromatic rings. The van der Waals surface area contributed by atoms with E-state index in [4.69, 9.17) is 4.42 Å². The lowest BCUT2D eigenvalue weighted by Crippen LogP contribution is -2.43. The molecule has 4 heteroatoms. The number of carbonyl (C=O) groups is 1. The molecule has 0 radical (unpaired) electrons. The Kier molecular flexibility index (Phi) is 3.60. The van der Waals surface area contributed by atoms with Crippen molar-refractivity contribution in [1.29, 1.82) is 0 Å². The summed E-state index contributed by atoms with van der Waals surface area (Å²) < 4.78 is 5.32. The van der Waals surface area contributed by atoms with E-state index >= 15 is 0 Å². The van der Waals surface area contributed by atoms with Crippen LogP contribution in [0.25, 0.3) is 0 Å². The molecule has 2 aliphatic rings. The number of fused-ring (bicyclic) bond motifs is 1. The lowest BCUT2D eigenvalue weighted by Gasteiger charge is -2.24. The number of hydrogen-bond acceptors (Lipinski definition) is 3. The van der Waals surface area contributed by atoms with Crippen LogP contribution >= 0.6 is 0 Å². The van der Waals surface area contributed by atoms with E-state index in [0.717, 1.165) is 12.2 Å². The van der Waals surface area contributed by atoms with Gasteiger partial charge < -0.3 is 15.1 Å². The molecule has 1 saturated carbocycles. The third kappa shape index (κ3) is 2.68. The topological polar surface area (TPSA) is 54.3 Å². The van der Waals surface area contributed by atoms with E-state index < -0.39 is 0 Å². The van der Waals surface area contributed by atoms with Gasteiger partial charge in [-0.15, -0.1) is 0 Å². The maximum Gasteiger partial charge on any atom is 0.237 e. The Hall–Kier alpha value is -1.29. The zero-order chi connectivity index (χ0) is 13.2. The minimum Gasteiger partial charge on any atom is -0.467 e. The first-order chi connectivity index (χ1) is 9.24. The van der Waals surface area contributed by atoms with Gasteiger partial charge in [-0.3, -0.25) is 4.79 Å². The van der Waals surface area contributed by atoms with Crippen LogP contribution in [0.15, 0.2) is 22.8 Å². The van der Waals surface area contributed by atoms with Crippen LogP contribution in [-0.4, -0.2) is 18.0 Å². The van der Waals surface area contributed by atoms with Gasteiger partial charge in [0.1, 0.15) is 5.76 Å². The van der Waals surface area contributed by atoms with Crippen LogP contribution in [-0.2, 0) is 4.79 Å². The summed E-state index contributed by atoms with van der Waals surface area (Å²) in [7, 11) is 0. The van der Waals surface area contributed by atoms with E-state index in [1.807, 2.05) is 19.1 Å². The Balaban J connectivity index is 1.56. The molecule has 1 aromatic heterocycles. The molecule has 19 heavy (non-hydrogen) atoms. The van der Waals surface area contributed by atoms with Gasteiger partial charge in [0, 0.05) is 6.04 Å². The molecule has 3 rings (SSSR count). The van der Waals surface area contributed by atoms with Crippen molar-refractivity contribution in [3.8, 4) is 0 Å². The summed E-state index contributed by atoms with van der Waals surface area (Å²) in [5, 5.41) is 6.54. The largest absolute Gasteiger partial charge is 0.467 e. The summed E-state index contributed by atoms with van der Waals surface area (Å²) >= 11 is 0. The summed E-state index contributed by atoms with van der Waals surface area (Å²) in [4.78, 5) is 12.3. The number of furan rings is 1. The fraction of sp³-hybridized carbons (Fsp3) is 0.667. The van der Waals surface area contributed by atoms with Gasteiger partial charge in [0.2, 0.25) is 5.91 Å². The highest BCUT2D eigenvalue weighted by Crippen LogP contribution is 2.33. The van der Waals surface area contributed by atoms with Gasteiger partial charge in [-0.2, -0.15) is 0 Å². The van der Waals surface area contributed by atoms with Crippen molar-refractivity contribution in [2.75, 3.05) is 0 Å². The zero-order valence-electron chi connectivity index (χ0n) is 11.4. The normalized spacial score (nSPS) is 31.7. The van der Waals surface area contributed by atoms with E-state index in [-0.39, 0.29) is 18.0 Å². The fourth-order valence-corrected chi connectivity index (χ4v) is 3.44. The van der Waals surface area contributed by atoms with Crippen LogP contribution in [0, 0.1) is 5.92 Å². The van der Waals surface area contributed by atoms with Gasteiger partial charge >= 0.3 is 0 Å². The molecule has 104 valence electrons. The van der Waals surface area contributed by atoms with Crippen LogP contribution in [0.3, 0.4) is 0 Å². The Labute approximate surface area is 113 Å². The Morgan fingerprint density at radius 1 is 1.47 bits per heavy atom. The van der Waals surface area contributed by atoms with Crippen molar-refractivity contribution >= 4 is 5.91 Å². The molecular formula is C15H22N2O2. The third-order valence-corrected chi connectivity index (χ3v) is 4.51. The first kappa shape index (κ1) is 12.7. The molecule has 1 aliphatic heterocycles. The molecule has 1 saturated heterocycles. The van der Waals surface area contributed by atoms with Crippen molar-refractivity contribution in [3.05, 3.63) is 24.2 Å². The predicted molar refractivity (Wildman–Crippen MR) is 72.6 cm³/mol. The number of amides is 1. The lowest BCUT2D eigenvalue weighted by molar-refractivity contribution is -0.123. The minimum absolute atomic E-state index is 0.0227. The Bertz CT molecular complexity index is 415. The number of rotatable bonds is 3. The molecule has 4 atom stereocenters.